The molecule has 1 aromatic carbocycles. The average molecular weight is 421 g/mol. The van der Waals surface area contributed by atoms with Gasteiger partial charge in [-0.05, 0) is 36.2 Å². The SMILES string of the molecule is Cc1ccc(Oc2cccc(CN3CCN(C(=O)n4ccc(C(=O)O)n4)CC3)c2)nc1. The highest BCUT2D eigenvalue weighted by Gasteiger charge is 2.23. The number of carboxylic acid groups (broad SMARTS) is 1. The molecule has 9 nitrogen and oxygen atoms in total. The lowest BCUT2D eigenvalue weighted by Gasteiger charge is -2.34. The Morgan fingerprint density at radius 1 is 1.10 bits per heavy atom. The predicted molar refractivity (Wildman–Crippen MR) is 112 cm³/mol. The molecule has 1 aliphatic heterocycles. The van der Waals surface area contributed by atoms with Crippen molar-refractivity contribution in [3.05, 3.63) is 71.7 Å². The number of pyridine rings is 1. The molecule has 4 rings (SSSR count). The molecule has 1 fully saturated rings. The second kappa shape index (κ2) is 8.97. The zero-order chi connectivity index (χ0) is 21.8. The average Bonchev–Trinajstić information content (AvgIpc) is 3.26. The molecule has 0 aliphatic carbocycles. The standard InChI is InChI=1S/C22H23N5O4/c1-16-5-6-20(23-14-16)31-18-4-2-3-17(13-18)15-25-9-11-26(12-10-25)22(30)27-8-7-19(24-27)21(28)29/h2-8,13-14H,9-12,15H2,1H3,(H,28,29). The molecule has 1 N–H and O–H groups in total. The van der Waals surface area contributed by atoms with Crippen LogP contribution in [0, 0.1) is 6.92 Å². The highest BCUT2D eigenvalue weighted by molar-refractivity contribution is 5.86. The van der Waals surface area contributed by atoms with E-state index in [-0.39, 0.29) is 11.7 Å². The Labute approximate surface area is 179 Å². The van der Waals surface area contributed by atoms with Gasteiger partial charge in [-0.25, -0.2) is 14.6 Å². The third-order valence-corrected chi connectivity index (χ3v) is 5.06. The molecule has 0 spiro atoms. The summed E-state index contributed by atoms with van der Waals surface area (Å²) in [4.78, 5) is 31.7. The van der Waals surface area contributed by atoms with Gasteiger partial charge in [0.2, 0.25) is 5.88 Å². The molecule has 1 saturated heterocycles. The van der Waals surface area contributed by atoms with Gasteiger partial charge in [0, 0.05) is 51.2 Å². The summed E-state index contributed by atoms with van der Waals surface area (Å²) < 4.78 is 6.93. The number of ether oxygens (including phenoxy) is 1. The van der Waals surface area contributed by atoms with Crippen molar-refractivity contribution in [3.8, 4) is 11.6 Å². The lowest BCUT2D eigenvalue weighted by molar-refractivity contribution is 0.0689. The van der Waals surface area contributed by atoms with Crippen LogP contribution in [0.25, 0.3) is 0 Å². The van der Waals surface area contributed by atoms with E-state index < -0.39 is 5.97 Å². The van der Waals surface area contributed by atoms with Crippen LogP contribution in [0.2, 0.25) is 0 Å². The number of aromatic carboxylic acids is 1. The number of nitrogens with zero attached hydrogens (tertiary/aromatic N) is 5. The van der Waals surface area contributed by atoms with E-state index in [4.69, 9.17) is 9.84 Å². The monoisotopic (exact) mass is 421 g/mol. The van der Waals surface area contributed by atoms with Crippen molar-refractivity contribution in [2.45, 2.75) is 13.5 Å². The van der Waals surface area contributed by atoms with Gasteiger partial charge in [-0.15, -0.1) is 0 Å². The first-order valence-electron chi connectivity index (χ1n) is 9.98. The molecule has 31 heavy (non-hydrogen) atoms. The first kappa shape index (κ1) is 20.5. The number of benzene rings is 1. The normalized spacial score (nSPS) is 14.4. The van der Waals surface area contributed by atoms with E-state index in [2.05, 4.69) is 15.0 Å². The van der Waals surface area contributed by atoms with Gasteiger partial charge in [0.15, 0.2) is 5.69 Å². The van der Waals surface area contributed by atoms with E-state index in [1.165, 1.54) is 12.3 Å². The highest BCUT2D eigenvalue weighted by atomic mass is 16.5. The largest absolute Gasteiger partial charge is 0.476 e. The number of rotatable bonds is 5. The molecular weight excluding hydrogens is 398 g/mol. The van der Waals surface area contributed by atoms with E-state index in [0.29, 0.717) is 32.1 Å². The minimum Gasteiger partial charge on any atom is -0.476 e. The van der Waals surface area contributed by atoms with E-state index in [1.54, 1.807) is 11.1 Å². The third kappa shape index (κ3) is 5.07. The molecule has 2 aromatic heterocycles. The maximum Gasteiger partial charge on any atom is 0.356 e. The lowest BCUT2D eigenvalue weighted by Crippen LogP contribution is -2.49. The number of carboxylic acids is 1. The fourth-order valence-corrected chi connectivity index (χ4v) is 3.39. The molecule has 0 radical (unpaired) electrons. The van der Waals surface area contributed by atoms with Crippen molar-refractivity contribution < 1.29 is 19.4 Å². The summed E-state index contributed by atoms with van der Waals surface area (Å²) in [7, 11) is 0. The van der Waals surface area contributed by atoms with Crippen LogP contribution in [0.3, 0.4) is 0 Å². The van der Waals surface area contributed by atoms with Crippen LogP contribution >= 0.6 is 0 Å². The number of hydrogen-bond acceptors (Lipinski definition) is 6. The molecule has 1 aliphatic rings. The minimum atomic E-state index is -1.15. The number of aryl methyl sites for hydroxylation is 1. The van der Waals surface area contributed by atoms with Gasteiger partial charge in [0.25, 0.3) is 0 Å². The zero-order valence-electron chi connectivity index (χ0n) is 17.1. The van der Waals surface area contributed by atoms with Gasteiger partial charge < -0.3 is 14.7 Å². The van der Waals surface area contributed by atoms with Crippen molar-refractivity contribution in [1.29, 1.82) is 0 Å². The summed E-state index contributed by atoms with van der Waals surface area (Å²) in [6.45, 7) is 5.24. The van der Waals surface area contributed by atoms with E-state index >= 15 is 0 Å². The quantitative estimate of drug-likeness (QED) is 0.676. The Morgan fingerprint density at radius 2 is 1.90 bits per heavy atom. The molecule has 0 bridgehead atoms. The molecule has 3 heterocycles. The van der Waals surface area contributed by atoms with E-state index in [9.17, 15) is 9.59 Å². The Morgan fingerprint density at radius 3 is 2.58 bits per heavy atom. The fraction of sp³-hybridized carbons (Fsp3) is 0.273. The predicted octanol–water partition coefficient (Wildman–Crippen LogP) is 2.86. The van der Waals surface area contributed by atoms with Crippen LogP contribution in [0.1, 0.15) is 21.6 Å². The molecular formula is C22H23N5O4. The smallest absolute Gasteiger partial charge is 0.356 e. The van der Waals surface area contributed by atoms with Gasteiger partial charge in [-0.2, -0.15) is 9.78 Å². The summed E-state index contributed by atoms with van der Waals surface area (Å²) in [5.41, 5.74) is 2.05. The van der Waals surface area contributed by atoms with Crippen LogP contribution in [0.5, 0.6) is 11.6 Å². The maximum absolute atomic E-state index is 12.5. The van der Waals surface area contributed by atoms with Gasteiger partial charge in [0.05, 0.1) is 0 Å². The van der Waals surface area contributed by atoms with Crippen molar-refractivity contribution in [3.63, 3.8) is 0 Å². The van der Waals surface area contributed by atoms with Crippen molar-refractivity contribution >= 4 is 12.0 Å². The number of hydrogen-bond donors (Lipinski definition) is 1. The molecule has 1 amide bonds. The van der Waals surface area contributed by atoms with Crippen molar-refractivity contribution in [2.75, 3.05) is 26.2 Å². The Kier molecular flexibility index (Phi) is 5.94. The number of carbonyl (C=O) groups excluding carboxylic acids is 1. The van der Waals surface area contributed by atoms with E-state index in [0.717, 1.165) is 28.1 Å². The summed E-state index contributed by atoms with van der Waals surface area (Å²) >= 11 is 0. The lowest BCUT2D eigenvalue weighted by atomic mass is 10.2. The van der Waals surface area contributed by atoms with Gasteiger partial charge in [0.1, 0.15) is 5.75 Å². The van der Waals surface area contributed by atoms with E-state index in [1.807, 2.05) is 43.3 Å². The second-order valence-electron chi connectivity index (χ2n) is 7.42. The molecule has 0 unspecified atom stereocenters. The molecule has 0 atom stereocenters. The van der Waals surface area contributed by atoms with Crippen molar-refractivity contribution in [1.82, 2.24) is 24.6 Å². The highest BCUT2D eigenvalue weighted by Crippen LogP contribution is 2.21. The van der Waals surface area contributed by atoms with Crippen molar-refractivity contribution in [2.24, 2.45) is 0 Å². The van der Waals surface area contributed by atoms with Gasteiger partial charge >= 0.3 is 12.0 Å². The van der Waals surface area contributed by atoms with Gasteiger partial charge in [-0.3, -0.25) is 4.90 Å². The first-order valence-corrected chi connectivity index (χ1v) is 9.98. The second-order valence-corrected chi connectivity index (χ2v) is 7.42. The van der Waals surface area contributed by atoms with Crippen LogP contribution < -0.4 is 4.74 Å². The summed E-state index contributed by atoms with van der Waals surface area (Å²) in [5, 5.41) is 12.8. The Bertz CT molecular complexity index is 1070. The fourth-order valence-electron chi connectivity index (χ4n) is 3.39. The summed E-state index contributed by atoms with van der Waals surface area (Å²) in [6, 6.07) is 12.7. The molecule has 0 saturated carbocycles. The number of piperazine rings is 1. The van der Waals surface area contributed by atoms with Crippen LogP contribution in [0.4, 0.5) is 4.79 Å². The summed E-state index contributed by atoms with van der Waals surface area (Å²) in [6.07, 6.45) is 3.15. The first-order chi connectivity index (χ1) is 15.0. The zero-order valence-corrected chi connectivity index (χ0v) is 17.1. The van der Waals surface area contributed by atoms with Crippen LogP contribution in [-0.4, -0.2) is 67.9 Å². The number of carbonyl (C=O) groups is 2. The van der Waals surface area contributed by atoms with Crippen LogP contribution in [-0.2, 0) is 6.54 Å². The molecule has 9 heteroatoms. The topological polar surface area (TPSA) is 101 Å². The summed E-state index contributed by atoms with van der Waals surface area (Å²) in [5.74, 6) is 0.135. The van der Waals surface area contributed by atoms with Gasteiger partial charge in [-0.1, -0.05) is 18.2 Å². The van der Waals surface area contributed by atoms with Crippen LogP contribution in [0.15, 0.2) is 54.9 Å². The third-order valence-electron chi connectivity index (χ3n) is 5.06. The minimum absolute atomic E-state index is 0.144. The Balaban J connectivity index is 1.32. The molecule has 3 aromatic rings. The number of aromatic nitrogens is 3. The number of amides is 1. The Hall–Kier alpha value is -3.72. The maximum atomic E-state index is 12.5. The molecule has 160 valence electrons.